The van der Waals surface area contributed by atoms with E-state index in [1.165, 1.54) is 12.8 Å². The largest absolute Gasteiger partial charge is 0.352 e. The molecule has 1 saturated heterocycles. The van der Waals surface area contributed by atoms with Gasteiger partial charge in [0.1, 0.15) is 5.82 Å². The van der Waals surface area contributed by atoms with Crippen molar-refractivity contribution in [2.45, 2.75) is 25.7 Å². The lowest BCUT2D eigenvalue weighted by molar-refractivity contribution is -0.135. The van der Waals surface area contributed by atoms with E-state index >= 15 is 0 Å². The van der Waals surface area contributed by atoms with E-state index in [9.17, 15) is 4.79 Å². The van der Waals surface area contributed by atoms with Crippen LogP contribution < -0.4 is 4.90 Å². The maximum absolute atomic E-state index is 12.8. The van der Waals surface area contributed by atoms with Crippen molar-refractivity contribution in [1.82, 2.24) is 14.9 Å². The third-order valence-electron chi connectivity index (χ3n) is 6.35. The summed E-state index contributed by atoms with van der Waals surface area (Å²) in [4.78, 5) is 26.8. The van der Waals surface area contributed by atoms with E-state index in [1.54, 1.807) is 0 Å². The Morgan fingerprint density at radius 2 is 1.68 bits per heavy atom. The van der Waals surface area contributed by atoms with Crippen LogP contribution in [-0.4, -0.2) is 47.0 Å². The van der Waals surface area contributed by atoms with Crippen LogP contribution in [0.5, 0.6) is 0 Å². The fourth-order valence-corrected chi connectivity index (χ4v) is 5.05. The lowest BCUT2D eigenvalue weighted by Crippen LogP contribution is -2.50. The van der Waals surface area contributed by atoms with Gasteiger partial charge >= 0.3 is 0 Å². The van der Waals surface area contributed by atoms with Gasteiger partial charge in [-0.05, 0) is 43.2 Å². The molecule has 160 valence electrons. The molecule has 0 spiro atoms. The highest BCUT2D eigenvalue weighted by molar-refractivity contribution is 6.33. The Hall–Kier alpha value is -2.37. The number of aromatic nitrogens is 2. The summed E-state index contributed by atoms with van der Waals surface area (Å²) >= 11 is 12.7. The molecule has 31 heavy (non-hydrogen) atoms. The summed E-state index contributed by atoms with van der Waals surface area (Å²) in [6, 6.07) is 13.3. The zero-order chi connectivity index (χ0) is 21.4. The topological polar surface area (TPSA) is 49.3 Å². The first-order valence-corrected chi connectivity index (χ1v) is 11.6. The third-order valence-corrected chi connectivity index (χ3v) is 6.91. The number of carbonyl (C=O) groups is 1. The first-order valence-electron chi connectivity index (χ1n) is 10.9. The minimum Gasteiger partial charge on any atom is -0.352 e. The van der Waals surface area contributed by atoms with Gasteiger partial charge in [-0.3, -0.25) is 4.79 Å². The van der Waals surface area contributed by atoms with Crippen LogP contribution in [0.2, 0.25) is 10.0 Å². The Morgan fingerprint density at radius 1 is 0.935 bits per heavy atom. The van der Waals surface area contributed by atoms with Crippen molar-refractivity contribution in [3.8, 4) is 11.4 Å². The molecule has 1 aliphatic heterocycles. The number of hydrogen-bond acceptors (Lipinski definition) is 4. The Kier molecular flexibility index (Phi) is 5.72. The lowest BCUT2D eigenvalue weighted by Gasteiger charge is -2.37. The van der Waals surface area contributed by atoms with Gasteiger partial charge in [-0.15, -0.1) is 0 Å². The Labute approximate surface area is 192 Å². The Morgan fingerprint density at radius 3 is 2.42 bits per heavy atom. The van der Waals surface area contributed by atoms with Crippen LogP contribution >= 0.6 is 23.2 Å². The molecule has 0 radical (unpaired) electrons. The van der Waals surface area contributed by atoms with Crippen LogP contribution in [0.25, 0.3) is 22.3 Å². The lowest BCUT2D eigenvalue weighted by atomic mass is 10.1. The molecule has 2 aromatic carbocycles. The van der Waals surface area contributed by atoms with Gasteiger partial charge in [0.25, 0.3) is 0 Å². The predicted molar refractivity (Wildman–Crippen MR) is 126 cm³/mol. The molecule has 0 bridgehead atoms. The summed E-state index contributed by atoms with van der Waals surface area (Å²) < 4.78 is 0. The van der Waals surface area contributed by atoms with Gasteiger partial charge in [-0.25, -0.2) is 9.97 Å². The highest BCUT2D eigenvalue weighted by atomic mass is 35.5. The van der Waals surface area contributed by atoms with E-state index in [0.29, 0.717) is 21.8 Å². The highest BCUT2D eigenvalue weighted by Gasteiger charge is 2.30. The fraction of sp³-hybridized carbons (Fsp3) is 0.375. The van der Waals surface area contributed by atoms with E-state index < -0.39 is 0 Å². The van der Waals surface area contributed by atoms with Crippen LogP contribution in [0, 0.1) is 5.92 Å². The van der Waals surface area contributed by atoms with E-state index in [1.807, 2.05) is 47.4 Å². The molecule has 0 atom stereocenters. The number of carbonyl (C=O) groups excluding carboxylic acids is 1. The normalized spacial score (nSPS) is 17.5. The SMILES string of the molecule is O=C(C1CCCC1)N1CCN(c2nc(-c3ccccc3Cl)nc3cc(Cl)ccc23)CC1. The van der Waals surface area contributed by atoms with E-state index in [4.69, 9.17) is 33.2 Å². The van der Waals surface area contributed by atoms with Gasteiger partial charge in [0, 0.05) is 48.1 Å². The number of piperazine rings is 1. The molecule has 3 aromatic rings. The first kappa shape index (κ1) is 20.5. The third kappa shape index (κ3) is 4.09. The molecule has 2 aliphatic rings. The average molecular weight is 455 g/mol. The molecule has 1 aromatic heterocycles. The molecule has 0 unspecified atom stereocenters. The van der Waals surface area contributed by atoms with Gasteiger partial charge in [0.05, 0.1) is 10.5 Å². The van der Waals surface area contributed by atoms with Gasteiger partial charge < -0.3 is 9.80 Å². The first-order chi connectivity index (χ1) is 15.1. The summed E-state index contributed by atoms with van der Waals surface area (Å²) in [5.41, 5.74) is 1.58. The summed E-state index contributed by atoms with van der Waals surface area (Å²) in [5, 5.41) is 2.20. The molecule has 2 fully saturated rings. The van der Waals surface area contributed by atoms with E-state index in [-0.39, 0.29) is 5.92 Å². The van der Waals surface area contributed by atoms with Crippen molar-refractivity contribution >= 4 is 45.8 Å². The molecule has 2 heterocycles. The van der Waals surface area contributed by atoms with Crippen molar-refractivity contribution in [1.29, 1.82) is 0 Å². The van der Waals surface area contributed by atoms with Crippen molar-refractivity contribution in [3.05, 3.63) is 52.5 Å². The molecular weight excluding hydrogens is 431 g/mol. The zero-order valence-corrected chi connectivity index (χ0v) is 18.7. The standard InChI is InChI=1S/C24H24Cl2N4O/c25-17-9-10-19-21(15-17)27-22(18-7-3-4-8-20(18)26)28-23(19)29-11-13-30(14-12-29)24(31)16-5-1-2-6-16/h3-4,7-10,15-16H,1-2,5-6,11-14H2. The molecule has 0 N–H and O–H groups in total. The van der Waals surface area contributed by atoms with Crippen molar-refractivity contribution in [2.75, 3.05) is 31.1 Å². The molecular formula is C24H24Cl2N4O. The Balaban J connectivity index is 1.46. The summed E-state index contributed by atoms with van der Waals surface area (Å²) in [6.07, 6.45) is 4.43. The molecule has 5 rings (SSSR count). The maximum Gasteiger partial charge on any atom is 0.225 e. The Bertz CT molecular complexity index is 1120. The molecule has 5 nitrogen and oxygen atoms in total. The summed E-state index contributed by atoms with van der Waals surface area (Å²) in [5.74, 6) is 2.00. The highest BCUT2D eigenvalue weighted by Crippen LogP contribution is 2.33. The second kappa shape index (κ2) is 8.64. The summed E-state index contributed by atoms with van der Waals surface area (Å²) in [7, 11) is 0. The van der Waals surface area contributed by atoms with Crippen LogP contribution in [0.1, 0.15) is 25.7 Å². The molecule has 1 aliphatic carbocycles. The molecule has 7 heteroatoms. The van der Waals surface area contributed by atoms with Crippen LogP contribution in [0.4, 0.5) is 5.82 Å². The van der Waals surface area contributed by atoms with E-state index in [0.717, 1.165) is 61.3 Å². The van der Waals surface area contributed by atoms with Crippen molar-refractivity contribution in [2.24, 2.45) is 5.92 Å². The van der Waals surface area contributed by atoms with Crippen molar-refractivity contribution in [3.63, 3.8) is 0 Å². The number of hydrogen-bond donors (Lipinski definition) is 0. The van der Waals surface area contributed by atoms with E-state index in [2.05, 4.69) is 4.90 Å². The summed E-state index contributed by atoms with van der Waals surface area (Å²) in [6.45, 7) is 2.93. The van der Waals surface area contributed by atoms with Crippen LogP contribution in [-0.2, 0) is 4.79 Å². The number of nitrogens with zero attached hydrogens (tertiary/aromatic N) is 4. The fourth-order valence-electron chi connectivity index (χ4n) is 4.66. The molecule has 1 saturated carbocycles. The number of anilines is 1. The monoisotopic (exact) mass is 454 g/mol. The number of amides is 1. The number of halogens is 2. The second-order valence-electron chi connectivity index (χ2n) is 8.31. The average Bonchev–Trinajstić information content (AvgIpc) is 3.33. The number of fused-ring (bicyclic) bond motifs is 1. The number of benzene rings is 2. The second-order valence-corrected chi connectivity index (χ2v) is 9.15. The number of rotatable bonds is 3. The van der Waals surface area contributed by atoms with Gasteiger partial charge in [0.15, 0.2) is 5.82 Å². The quantitative estimate of drug-likeness (QED) is 0.528. The van der Waals surface area contributed by atoms with Crippen LogP contribution in [0.3, 0.4) is 0 Å². The molecule has 1 amide bonds. The maximum atomic E-state index is 12.8. The van der Waals surface area contributed by atoms with Gasteiger partial charge in [0.2, 0.25) is 5.91 Å². The zero-order valence-electron chi connectivity index (χ0n) is 17.2. The predicted octanol–water partition coefficient (Wildman–Crippen LogP) is 5.44. The van der Waals surface area contributed by atoms with Crippen molar-refractivity contribution < 1.29 is 4.79 Å². The van der Waals surface area contributed by atoms with Gasteiger partial charge in [-0.1, -0.05) is 48.2 Å². The van der Waals surface area contributed by atoms with Gasteiger partial charge in [-0.2, -0.15) is 0 Å². The minimum absolute atomic E-state index is 0.223. The van der Waals surface area contributed by atoms with Crippen LogP contribution in [0.15, 0.2) is 42.5 Å². The smallest absolute Gasteiger partial charge is 0.225 e. The minimum atomic E-state index is 0.223.